The van der Waals surface area contributed by atoms with E-state index in [9.17, 15) is 14.4 Å². The molecule has 0 unspecified atom stereocenters. The van der Waals surface area contributed by atoms with Crippen LogP contribution < -0.4 is 16.3 Å². The van der Waals surface area contributed by atoms with Gasteiger partial charge in [0.1, 0.15) is 5.69 Å². The third-order valence-electron chi connectivity index (χ3n) is 4.90. The zero-order valence-corrected chi connectivity index (χ0v) is 19.0. The van der Waals surface area contributed by atoms with Crippen molar-refractivity contribution in [3.63, 3.8) is 0 Å². The van der Waals surface area contributed by atoms with Crippen molar-refractivity contribution in [1.82, 2.24) is 20.9 Å². The lowest BCUT2D eigenvalue weighted by molar-refractivity contribution is -0.123. The number of hydrogen-bond donors (Lipinski definition) is 3. The van der Waals surface area contributed by atoms with Crippen LogP contribution in [-0.4, -0.2) is 28.2 Å². The largest absolute Gasteiger partial charge is 0.335 e. The molecule has 8 nitrogen and oxygen atoms in total. The number of amides is 2. The zero-order chi connectivity index (χ0) is 24.1. The number of carbonyl (C=O) groups is 2. The predicted octanol–water partition coefficient (Wildman–Crippen LogP) is 3.85. The van der Waals surface area contributed by atoms with Crippen LogP contribution in [0.2, 0.25) is 10.0 Å². The van der Waals surface area contributed by atoms with Gasteiger partial charge in [-0.15, -0.1) is 0 Å². The Kier molecular flexibility index (Phi) is 7.01. The molecule has 2 amide bonds. The molecule has 0 aliphatic rings. The molecule has 10 heteroatoms. The number of benzene rings is 3. The van der Waals surface area contributed by atoms with E-state index in [4.69, 9.17) is 23.2 Å². The van der Waals surface area contributed by atoms with Gasteiger partial charge in [-0.05, 0) is 35.9 Å². The topological polar surface area (TPSA) is 116 Å². The fourth-order valence-corrected chi connectivity index (χ4v) is 3.55. The normalized spacial score (nSPS) is 11.9. The van der Waals surface area contributed by atoms with Crippen LogP contribution in [0.25, 0.3) is 10.8 Å². The molecule has 4 aromatic rings. The van der Waals surface area contributed by atoms with Crippen molar-refractivity contribution in [2.75, 3.05) is 0 Å². The third kappa shape index (κ3) is 5.14. The summed E-state index contributed by atoms with van der Waals surface area (Å²) < 4.78 is 0. The van der Waals surface area contributed by atoms with E-state index in [2.05, 4.69) is 26.0 Å². The Balaban J connectivity index is 1.66. The maximum absolute atomic E-state index is 13.1. The summed E-state index contributed by atoms with van der Waals surface area (Å²) in [6.07, 6.45) is 1.38. The minimum Gasteiger partial charge on any atom is -0.335 e. The second-order valence-electron chi connectivity index (χ2n) is 7.16. The fraction of sp³-hybridized carbons (Fsp3) is 0.0417. The molecule has 0 aliphatic carbocycles. The van der Waals surface area contributed by atoms with Crippen LogP contribution in [0.1, 0.15) is 27.7 Å². The molecule has 0 saturated carbocycles. The lowest BCUT2D eigenvalue weighted by Gasteiger charge is -2.18. The van der Waals surface area contributed by atoms with Crippen molar-refractivity contribution >= 4 is 52.0 Å². The molecular weight excluding hydrogens is 477 g/mol. The monoisotopic (exact) mass is 493 g/mol. The summed E-state index contributed by atoms with van der Waals surface area (Å²) in [5.41, 5.74) is 3.12. The first-order valence-electron chi connectivity index (χ1n) is 10.1. The minimum atomic E-state index is -1.25. The number of aromatic nitrogens is 2. The molecule has 3 N–H and O–H groups in total. The van der Waals surface area contributed by atoms with Gasteiger partial charge >= 0.3 is 0 Å². The highest BCUT2D eigenvalue weighted by atomic mass is 35.5. The van der Waals surface area contributed by atoms with Crippen molar-refractivity contribution in [2.45, 2.75) is 6.04 Å². The SMILES string of the molecule is O=C(N[C@H](C(=O)NN=Cc1ccc(Cl)c(Cl)c1)c1n[nH]c(=O)c2ccccc12)c1ccccc1. The van der Waals surface area contributed by atoms with E-state index in [1.54, 1.807) is 72.8 Å². The average molecular weight is 494 g/mol. The van der Waals surface area contributed by atoms with Crippen LogP contribution in [0.5, 0.6) is 0 Å². The molecule has 1 atom stereocenters. The van der Waals surface area contributed by atoms with Gasteiger partial charge in [-0.25, -0.2) is 10.5 Å². The number of fused-ring (bicyclic) bond motifs is 1. The van der Waals surface area contributed by atoms with Crippen LogP contribution in [0, 0.1) is 0 Å². The number of nitrogens with one attached hydrogen (secondary N) is 3. The number of rotatable bonds is 6. The predicted molar refractivity (Wildman–Crippen MR) is 131 cm³/mol. The number of carbonyl (C=O) groups excluding carboxylic acids is 2. The van der Waals surface area contributed by atoms with E-state index < -0.39 is 23.4 Å². The van der Waals surface area contributed by atoms with Crippen LogP contribution in [0.3, 0.4) is 0 Å². The van der Waals surface area contributed by atoms with Crippen LogP contribution >= 0.6 is 23.2 Å². The smallest absolute Gasteiger partial charge is 0.272 e. The maximum atomic E-state index is 13.1. The van der Waals surface area contributed by atoms with Gasteiger partial charge in [0.25, 0.3) is 17.4 Å². The lowest BCUT2D eigenvalue weighted by atomic mass is 10.0. The Hall–Kier alpha value is -4.01. The number of H-pyrrole nitrogens is 1. The maximum Gasteiger partial charge on any atom is 0.272 e. The Labute approximate surface area is 203 Å². The summed E-state index contributed by atoms with van der Waals surface area (Å²) in [6, 6.07) is 18.7. The van der Waals surface area contributed by atoms with E-state index in [0.717, 1.165) is 0 Å². The van der Waals surface area contributed by atoms with Crippen molar-refractivity contribution in [3.8, 4) is 0 Å². The highest BCUT2D eigenvalue weighted by molar-refractivity contribution is 6.42. The molecule has 1 aromatic heterocycles. The first-order chi connectivity index (χ1) is 16.4. The average Bonchev–Trinajstić information content (AvgIpc) is 2.86. The highest BCUT2D eigenvalue weighted by Gasteiger charge is 2.27. The lowest BCUT2D eigenvalue weighted by Crippen LogP contribution is -2.40. The number of hydrazone groups is 1. The standard InChI is InChI=1S/C24H17Cl2N5O3/c25-18-11-10-14(12-19(18)26)13-27-30-24(34)21(28-22(32)15-6-2-1-3-7-15)20-16-8-4-5-9-17(16)23(33)31-29-20/h1-13,21H,(H,28,32)(H,30,34)(H,31,33)/t21-/m0/s1. The summed E-state index contributed by atoms with van der Waals surface area (Å²) in [6.45, 7) is 0. The van der Waals surface area contributed by atoms with Gasteiger partial charge in [0, 0.05) is 10.9 Å². The number of halogens is 2. The van der Waals surface area contributed by atoms with E-state index in [0.29, 0.717) is 31.9 Å². The summed E-state index contributed by atoms with van der Waals surface area (Å²) in [5.74, 6) is -1.16. The van der Waals surface area contributed by atoms with Gasteiger partial charge in [-0.1, -0.05) is 65.7 Å². The van der Waals surface area contributed by atoms with Crippen molar-refractivity contribution < 1.29 is 9.59 Å². The second kappa shape index (κ2) is 10.3. The Bertz CT molecular complexity index is 1450. The summed E-state index contributed by atoms with van der Waals surface area (Å²) in [5, 5.41) is 14.6. The van der Waals surface area contributed by atoms with E-state index in [-0.39, 0.29) is 5.69 Å². The number of aromatic amines is 1. The molecule has 1 heterocycles. The van der Waals surface area contributed by atoms with Crippen LogP contribution in [0.4, 0.5) is 0 Å². The molecule has 0 fully saturated rings. The molecular formula is C24H17Cl2N5O3. The Morgan fingerprint density at radius 3 is 2.38 bits per heavy atom. The molecule has 4 rings (SSSR count). The van der Waals surface area contributed by atoms with Crippen LogP contribution in [0.15, 0.2) is 82.7 Å². The van der Waals surface area contributed by atoms with Gasteiger partial charge in [0.2, 0.25) is 0 Å². The third-order valence-corrected chi connectivity index (χ3v) is 5.64. The molecule has 0 spiro atoms. The molecule has 3 aromatic carbocycles. The van der Waals surface area contributed by atoms with Crippen LogP contribution in [-0.2, 0) is 4.79 Å². The van der Waals surface area contributed by atoms with Gasteiger partial charge in [0.15, 0.2) is 6.04 Å². The highest BCUT2D eigenvalue weighted by Crippen LogP contribution is 2.22. The summed E-state index contributed by atoms with van der Waals surface area (Å²) in [4.78, 5) is 38.2. The molecule has 0 saturated heterocycles. The molecule has 0 bridgehead atoms. The van der Waals surface area contributed by atoms with E-state index in [1.165, 1.54) is 6.21 Å². The second-order valence-corrected chi connectivity index (χ2v) is 7.98. The molecule has 34 heavy (non-hydrogen) atoms. The van der Waals surface area contributed by atoms with Crippen molar-refractivity contribution in [3.05, 3.63) is 110 Å². The van der Waals surface area contributed by atoms with Gasteiger partial charge < -0.3 is 5.32 Å². The van der Waals surface area contributed by atoms with E-state index in [1.807, 2.05) is 0 Å². The molecule has 0 aliphatic heterocycles. The zero-order valence-electron chi connectivity index (χ0n) is 17.5. The summed E-state index contributed by atoms with van der Waals surface area (Å²) in [7, 11) is 0. The van der Waals surface area contributed by atoms with Crippen molar-refractivity contribution in [1.29, 1.82) is 0 Å². The molecule has 0 radical (unpaired) electrons. The quantitative estimate of drug-likeness (QED) is 0.279. The van der Waals surface area contributed by atoms with Gasteiger partial charge in [-0.2, -0.15) is 10.2 Å². The minimum absolute atomic E-state index is 0.168. The number of nitrogens with zero attached hydrogens (tertiary/aromatic N) is 2. The van der Waals surface area contributed by atoms with Crippen molar-refractivity contribution in [2.24, 2.45) is 5.10 Å². The Morgan fingerprint density at radius 2 is 1.65 bits per heavy atom. The first-order valence-corrected chi connectivity index (χ1v) is 10.8. The summed E-state index contributed by atoms with van der Waals surface area (Å²) >= 11 is 11.9. The number of hydrogen-bond acceptors (Lipinski definition) is 5. The first kappa shape index (κ1) is 23.2. The van der Waals surface area contributed by atoms with Gasteiger partial charge in [-0.3, -0.25) is 14.4 Å². The fourth-order valence-electron chi connectivity index (χ4n) is 3.25. The van der Waals surface area contributed by atoms with Gasteiger partial charge in [0.05, 0.1) is 21.6 Å². The van der Waals surface area contributed by atoms with E-state index >= 15 is 0 Å². The Morgan fingerprint density at radius 1 is 0.941 bits per heavy atom. The molecule has 170 valence electrons.